The van der Waals surface area contributed by atoms with Gasteiger partial charge in [0.05, 0.1) is 12.2 Å². The van der Waals surface area contributed by atoms with Crippen molar-refractivity contribution in [2.45, 2.75) is 31.7 Å². The number of hydrogen-bond donors (Lipinski definition) is 4. The first kappa shape index (κ1) is 9.84. The zero-order chi connectivity index (χ0) is 8.20. The zero-order valence-corrected chi connectivity index (χ0v) is 5.99. The molecule has 0 heterocycles. The minimum absolute atomic E-state index is 0.0769. The lowest BCUT2D eigenvalue weighted by atomic mass is 10.0. The Kier molecular flexibility index (Phi) is 3.81. The Hall–Kier alpha value is -0.160. The van der Waals surface area contributed by atoms with E-state index in [1.807, 2.05) is 0 Å². The molecule has 4 nitrogen and oxygen atoms in total. The van der Waals surface area contributed by atoms with E-state index in [1.54, 1.807) is 0 Å². The maximum Gasteiger partial charge on any atom is 0.151 e. The largest absolute Gasteiger partial charge is 0.393 e. The van der Waals surface area contributed by atoms with Gasteiger partial charge in [-0.05, 0) is 13.3 Å². The second-order valence-corrected chi connectivity index (χ2v) is 2.67. The van der Waals surface area contributed by atoms with Crippen molar-refractivity contribution in [2.75, 3.05) is 6.61 Å². The smallest absolute Gasteiger partial charge is 0.151 e. The number of aliphatic hydroxyl groups excluding tert-OH is 2. The van der Waals surface area contributed by atoms with Crippen LogP contribution >= 0.6 is 0 Å². The Balaban J connectivity index is 3.46. The number of hydrogen-bond acceptors (Lipinski definition) is 4. The van der Waals surface area contributed by atoms with E-state index >= 15 is 0 Å². The standard InChI is InChI=1S/C6H14O4/c1-6(10,4-7)3-2-5(8)9/h5,7-10H,2-4H2,1H3. The van der Waals surface area contributed by atoms with E-state index in [1.165, 1.54) is 6.92 Å². The van der Waals surface area contributed by atoms with Crippen molar-refractivity contribution in [1.29, 1.82) is 0 Å². The molecule has 4 N–H and O–H groups in total. The molecule has 1 unspecified atom stereocenters. The van der Waals surface area contributed by atoms with Crippen molar-refractivity contribution < 1.29 is 20.4 Å². The fourth-order valence-corrected chi connectivity index (χ4v) is 0.519. The summed E-state index contributed by atoms with van der Waals surface area (Å²) in [6.45, 7) is 1.08. The molecule has 0 bridgehead atoms. The summed E-state index contributed by atoms with van der Waals surface area (Å²) in [7, 11) is 0. The highest BCUT2D eigenvalue weighted by Crippen LogP contribution is 2.11. The maximum absolute atomic E-state index is 9.10. The Morgan fingerprint density at radius 3 is 2.20 bits per heavy atom. The van der Waals surface area contributed by atoms with Gasteiger partial charge in [-0.3, -0.25) is 0 Å². The number of rotatable bonds is 4. The van der Waals surface area contributed by atoms with Gasteiger partial charge in [-0.1, -0.05) is 0 Å². The minimum atomic E-state index is -1.40. The van der Waals surface area contributed by atoms with Crippen molar-refractivity contribution in [3.8, 4) is 0 Å². The van der Waals surface area contributed by atoms with Gasteiger partial charge in [-0.15, -0.1) is 0 Å². The lowest BCUT2D eigenvalue weighted by molar-refractivity contribution is -0.0730. The van der Waals surface area contributed by atoms with Gasteiger partial charge < -0.3 is 20.4 Å². The lowest BCUT2D eigenvalue weighted by Gasteiger charge is -2.20. The van der Waals surface area contributed by atoms with Crippen LogP contribution in [0.5, 0.6) is 0 Å². The summed E-state index contributed by atoms with van der Waals surface area (Å²) in [5.41, 5.74) is -1.19. The summed E-state index contributed by atoms with van der Waals surface area (Å²) in [5.74, 6) is 0. The molecule has 0 aromatic carbocycles. The van der Waals surface area contributed by atoms with Gasteiger partial charge in [0.1, 0.15) is 0 Å². The van der Waals surface area contributed by atoms with Crippen LogP contribution in [-0.2, 0) is 0 Å². The molecule has 10 heavy (non-hydrogen) atoms. The van der Waals surface area contributed by atoms with Gasteiger partial charge >= 0.3 is 0 Å². The van der Waals surface area contributed by atoms with Gasteiger partial charge in [0.15, 0.2) is 6.29 Å². The van der Waals surface area contributed by atoms with Crippen LogP contribution in [-0.4, -0.2) is 38.9 Å². The monoisotopic (exact) mass is 150 g/mol. The SMILES string of the molecule is CC(O)(CO)CCC(O)O. The average Bonchev–Trinajstić information content (AvgIpc) is 1.85. The van der Waals surface area contributed by atoms with Crippen LogP contribution < -0.4 is 0 Å². The van der Waals surface area contributed by atoms with E-state index in [2.05, 4.69) is 0 Å². The maximum atomic E-state index is 9.10. The first-order chi connectivity index (χ1) is 4.48. The van der Waals surface area contributed by atoms with Gasteiger partial charge in [0.2, 0.25) is 0 Å². The molecule has 0 spiro atoms. The molecule has 0 saturated heterocycles. The van der Waals surface area contributed by atoms with Crippen LogP contribution in [0.25, 0.3) is 0 Å². The molecule has 0 aromatic heterocycles. The quantitative estimate of drug-likeness (QED) is 0.380. The molecule has 0 amide bonds. The number of aliphatic hydroxyl groups is 4. The van der Waals surface area contributed by atoms with Crippen molar-refractivity contribution in [3.05, 3.63) is 0 Å². The normalized spacial score (nSPS) is 17.4. The Morgan fingerprint density at radius 1 is 1.40 bits per heavy atom. The highest BCUT2D eigenvalue weighted by molar-refractivity contribution is 4.70. The third-order valence-corrected chi connectivity index (χ3v) is 1.28. The van der Waals surface area contributed by atoms with Crippen molar-refractivity contribution >= 4 is 0 Å². The van der Waals surface area contributed by atoms with Gasteiger partial charge in [-0.2, -0.15) is 0 Å². The first-order valence-corrected chi connectivity index (χ1v) is 3.17. The minimum Gasteiger partial charge on any atom is -0.393 e. The third-order valence-electron chi connectivity index (χ3n) is 1.28. The van der Waals surface area contributed by atoms with E-state index < -0.39 is 11.9 Å². The highest BCUT2D eigenvalue weighted by atomic mass is 16.5. The molecule has 62 valence electrons. The molecule has 0 aromatic rings. The van der Waals surface area contributed by atoms with Gasteiger partial charge in [-0.25, -0.2) is 0 Å². The first-order valence-electron chi connectivity index (χ1n) is 3.17. The van der Waals surface area contributed by atoms with E-state index in [0.717, 1.165) is 0 Å². The Bertz CT molecular complexity index is 89.7. The molecule has 4 heteroatoms. The third kappa shape index (κ3) is 4.69. The molecule has 0 rings (SSSR count). The fraction of sp³-hybridized carbons (Fsp3) is 1.00. The molecular weight excluding hydrogens is 136 g/mol. The molecule has 0 aliphatic rings. The second kappa shape index (κ2) is 3.88. The van der Waals surface area contributed by atoms with Crippen LogP contribution in [0.4, 0.5) is 0 Å². The van der Waals surface area contributed by atoms with Crippen LogP contribution in [0.1, 0.15) is 19.8 Å². The fourth-order valence-electron chi connectivity index (χ4n) is 0.519. The van der Waals surface area contributed by atoms with E-state index in [0.29, 0.717) is 0 Å². The van der Waals surface area contributed by atoms with Gasteiger partial charge in [0.25, 0.3) is 0 Å². The molecule has 0 radical (unpaired) electrons. The summed E-state index contributed by atoms with van der Waals surface area (Å²) < 4.78 is 0. The topological polar surface area (TPSA) is 80.9 Å². The van der Waals surface area contributed by atoms with Crippen LogP contribution in [0.15, 0.2) is 0 Å². The second-order valence-electron chi connectivity index (χ2n) is 2.67. The molecule has 0 saturated carbocycles. The molecule has 1 atom stereocenters. The molecule has 0 aliphatic carbocycles. The van der Waals surface area contributed by atoms with Crippen molar-refractivity contribution in [3.63, 3.8) is 0 Å². The highest BCUT2D eigenvalue weighted by Gasteiger charge is 2.19. The van der Waals surface area contributed by atoms with Crippen molar-refractivity contribution in [1.82, 2.24) is 0 Å². The molecule has 0 aliphatic heterocycles. The van der Waals surface area contributed by atoms with Crippen LogP contribution in [0, 0.1) is 0 Å². The summed E-state index contributed by atoms with van der Waals surface area (Å²) in [4.78, 5) is 0. The van der Waals surface area contributed by atoms with E-state index in [-0.39, 0.29) is 19.4 Å². The lowest BCUT2D eigenvalue weighted by Crippen LogP contribution is -2.30. The van der Waals surface area contributed by atoms with E-state index in [9.17, 15) is 0 Å². The van der Waals surface area contributed by atoms with Crippen LogP contribution in [0.2, 0.25) is 0 Å². The van der Waals surface area contributed by atoms with Gasteiger partial charge in [0, 0.05) is 6.42 Å². The zero-order valence-electron chi connectivity index (χ0n) is 5.99. The molecule has 0 fully saturated rings. The summed E-state index contributed by atoms with van der Waals surface area (Å²) in [6.07, 6.45) is -1.15. The predicted octanol–water partition coefficient (Wildman–Crippen LogP) is -1.18. The average molecular weight is 150 g/mol. The molecular formula is C6H14O4. The summed E-state index contributed by atoms with van der Waals surface area (Å²) in [6, 6.07) is 0. The van der Waals surface area contributed by atoms with Crippen LogP contribution in [0.3, 0.4) is 0 Å². The van der Waals surface area contributed by atoms with Crippen molar-refractivity contribution in [2.24, 2.45) is 0 Å². The predicted molar refractivity (Wildman–Crippen MR) is 35.2 cm³/mol. The Morgan fingerprint density at radius 2 is 1.90 bits per heavy atom. The summed E-state index contributed by atoms with van der Waals surface area (Å²) in [5, 5.41) is 34.3. The Labute approximate surface area is 59.7 Å². The summed E-state index contributed by atoms with van der Waals surface area (Å²) >= 11 is 0. The van der Waals surface area contributed by atoms with E-state index in [4.69, 9.17) is 20.4 Å².